The van der Waals surface area contributed by atoms with E-state index in [9.17, 15) is 4.79 Å². The number of rotatable bonds is 4. The van der Waals surface area contributed by atoms with Crippen LogP contribution in [-0.4, -0.2) is 42.1 Å². The Labute approximate surface area is 145 Å². The predicted molar refractivity (Wildman–Crippen MR) is 96.5 cm³/mol. The highest BCUT2D eigenvalue weighted by Gasteiger charge is 2.28. The van der Waals surface area contributed by atoms with Crippen molar-refractivity contribution in [2.45, 2.75) is 6.42 Å². The molecule has 23 heavy (non-hydrogen) atoms. The number of benzene rings is 1. The van der Waals surface area contributed by atoms with Crippen LogP contribution in [0.25, 0.3) is 11.3 Å². The maximum Gasteiger partial charge on any atom is 0.270 e. The average Bonchev–Trinajstić information content (AvgIpc) is 3.15. The van der Waals surface area contributed by atoms with Gasteiger partial charge in [0.25, 0.3) is 5.91 Å². The van der Waals surface area contributed by atoms with Gasteiger partial charge in [0.1, 0.15) is 5.69 Å². The van der Waals surface area contributed by atoms with E-state index >= 15 is 0 Å². The summed E-state index contributed by atoms with van der Waals surface area (Å²) in [7, 11) is 3.93. The largest absolute Gasteiger partial charge is 0.340 e. The van der Waals surface area contributed by atoms with Gasteiger partial charge in [-0.3, -0.25) is 4.79 Å². The molecular formula is C18H22BrN3O. The summed E-state index contributed by atoms with van der Waals surface area (Å²) in [6.07, 6.45) is 1.08. The van der Waals surface area contributed by atoms with Gasteiger partial charge in [-0.25, -0.2) is 0 Å². The van der Waals surface area contributed by atoms with Gasteiger partial charge in [-0.2, -0.15) is 0 Å². The average molecular weight is 376 g/mol. The van der Waals surface area contributed by atoms with Crippen molar-refractivity contribution in [3.8, 4) is 11.3 Å². The van der Waals surface area contributed by atoms with Crippen LogP contribution in [0.4, 0.5) is 0 Å². The van der Waals surface area contributed by atoms with Crippen molar-refractivity contribution in [2.24, 2.45) is 13.0 Å². The molecule has 1 fully saturated rings. The molecule has 1 N–H and O–H groups in total. The number of halogens is 1. The topological polar surface area (TPSA) is 37.3 Å². The Kier molecular flexibility index (Phi) is 4.87. The number of carbonyl (C=O) groups excluding carboxylic acids is 1. The third kappa shape index (κ3) is 3.21. The normalized spacial score (nSPS) is 17.7. The van der Waals surface area contributed by atoms with E-state index < -0.39 is 0 Å². The highest BCUT2D eigenvalue weighted by molar-refractivity contribution is 9.10. The molecule has 1 aliphatic rings. The Morgan fingerprint density at radius 2 is 2.09 bits per heavy atom. The van der Waals surface area contributed by atoms with Gasteiger partial charge >= 0.3 is 0 Å². The minimum Gasteiger partial charge on any atom is -0.340 e. The summed E-state index contributed by atoms with van der Waals surface area (Å²) in [5, 5.41) is 3.20. The second kappa shape index (κ2) is 6.89. The second-order valence-electron chi connectivity index (χ2n) is 6.11. The molecule has 0 radical (unpaired) electrons. The molecule has 1 atom stereocenters. The summed E-state index contributed by atoms with van der Waals surface area (Å²) >= 11 is 3.59. The molecule has 1 aliphatic heterocycles. The molecule has 0 aliphatic carbocycles. The van der Waals surface area contributed by atoms with E-state index in [-0.39, 0.29) is 5.91 Å². The molecule has 122 valence electrons. The number of amides is 1. The first kappa shape index (κ1) is 16.3. The fraction of sp³-hybridized carbons (Fsp3) is 0.389. The minimum absolute atomic E-state index is 0.129. The molecule has 1 aromatic heterocycles. The molecule has 2 aromatic rings. The Morgan fingerprint density at radius 3 is 2.83 bits per heavy atom. The van der Waals surface area contributed by atoms with E-state index in [1.165, 1.54) is 0 Å². The number of carbonyl (C=O) groups is 1. The van der Waals surface area contributed by atoms with Crippen molar-refractivity contribution >= 4 is 21.8 Å². The molecule has 0 saturated carbocycles. The second-order valence-corrected chi connectivity index (χ2v) is 6.96. The predicted octanol–water partition coefficient (Wildman–Crippen LogP) is 3.14. The zero-order chi connectivity index (χ0) is 16.4. The number of nitrogens with zero attached hydrogens (tertiary/aromatic N) is 2. The number of hydrogen-bond acceptors (Lipinski definition) is 2. The molecule has 3 rings (SSSR count). The van der Waals surface area contributed by atoms with Crippen molar-refractivity contribution < 1.29 is 4.79 Å². The van der Waals surface area contributed by atoms with Gasteiger partial charge in [-0.15, -0.1) is 0 Å². The van der Waals surface area contributed by atoms with E-state index in [1.54, 1.807) is 0 Å². The third-order valence-electron chi connectivity index (χ3n) is 4.56. The van der Waals surface area contributed by atoms with Crippen LogP contribution < -0.4 is 5.32 Å². The van der Waals surface area contributed by atoms with E-state index in [0.717, 1.165) is 47.5 Å². The first-order chi connectivity index (χ1) is 11.1. The number of likely N-dealkylation sites (tertiary alicyclic amines) is 1. The van der Waals surface area contributed by atoms with Crippen molar-refractivity contribution in [3.05, 3.63) is 46.6 Å². The highest BCUT2D eigenvalue weighted by atomic mass is 79.9. The van der Waals surface area contributed by atoms with Crippen molar-refractivity contribution in [1.82, 2.24) is 14.8 Å². The lowest BCUT2D eigenvalue weighted by atomic mass is 10.1. The van der Waals surface area contributed by atoms with Crippen LogP contribution in [0.5, 0.6) is 0 Å². The summed E-state index contributed by atoms with van der Waals surface area (Å²) in [5.74, 6) is 0.691. The zero-order valence-electron chi connectivity index (χ0n) is 13.6. The van der Waals surface area contributed by atoms with E-state index in [1.807, 2.05) is 53.9 Å². The summed E-state index contributed by atoms with van der Waals surface area (Å²) < 4.78 is 3.03. The van der Waals surface area contributed by atoms with E-state index in [2.05, 4.69) is 27.3 Å². The van der Waals surface area contributed by atoms with Gasteiger partial charge in [-0.05, 0) is 44.1 Å². The van der Waals surface area contributed by atoms with Crippen LogP contribution >= 0.6 is 15.9 Å². The van der Waals surface area contributed by atoms with Crippen LogP contribution in [0.15, 0.2) is 40.9 Å². The van der Waals surface area contributed by atoms with Crippen LogP contribution in [0.1, 0.15) is 16.9 Å². The maximum absolute atomic E-state index is 12.8. The fourth-order valence-electron chi connectivity index (χ4n) is 3.30. The Bertz CT molecular complexity index is 710. The molecule has 1 saturated heterocycles. The third-order valence-corrected chi connectivity index (χ3v) is 5.25. The van der Waals surface area contributed by atoms with Crippen LogP contribution in [0.2, 0.25) is 0 Å². The molecule has 1 aromatic carbocycles. The van der Waals surface area contributed by atoms with E-state index in [4.69, 9.17) is 0 Å². The first-order valence-electron chi connectivity index (χ1n) is 7.96. The first-order valence-corrected chi connectivity index (χ1v) is 8.75. The summed E-state index contributed by atoms with van der Waals surface area (Å²) in [5.41, 5.74) is 2.90. The van der Waals surface area contributed by atoms with Crippen LogP contribution in [-0.2, 0) is 7.05 Å². The standard InChI is InChI=1S/C18H22BrN3O/c1-20-11-13-9-10-22(12-13)18(23)17-8-7-16(21(17)2)14-5-3-4-6-15(14)19/h3-8,13,20H,9-12H2,1-2H3. The van der Waals surface area contributed by atoms with Gasteiger partial charge in [0.05, 0.1) is 0 Å². The van der Waals surface area contributed by atoms with Crippen molar-refractivity contribution in [3.63, 3.8) is 0 Å². The smallest absolute Gasteiger partial charge is 0.270 e. The van der Waals surface area contributed by atoms with Gasteiger partial charge in [0, 0.05) is 35.9 Å². The van der Waals surface area contributed by atoms with Gasteiger partial charge in [0.2, 0.25) is 0 Å². The Hall–Kier alpha value is -1.59. The molecule has 0 bridgehead atoms. The number of aromatic nitrogens is 1. The highest BCUT2D eigenvalue weighted by Crippen LogP contribution is 2.29. The lowest BCUT2D eigenvalue weighted by Crippen LogP contribution is -2.31. The van der Waals surface area contributed by atoms with Gasteiger partial charge < -0.3 is 14.8 Å². The van der Waals surface area contributed by atoms with Crippen LogP contribution in [0.3, 0.4) is 0 Å². The summed E-state index contributed by atoms with van der Waals surface area (Å²) in [6.45, 7) is 2.66. The van der Waals surface area contributed by atoms with Crippen molar-refractivity contribution in [1.29, 1.82) is 0 Å². The summed E-state index contributed by atoms with van der Waals surface area (Å²) in [4.78, 5) is 14.8. The Balaban J connectivity index is 1.82. The minimum atomic E-state index is 0.129. The van der Waals surface area contributed by atoms with Crippen LogP contribution in [0, 0.1) is 5.92 Å². The maximum atomic E-state index is 12.8. The zero-order valence-corrected chi connectivity index (χ0v) is 15.1. The Morgan fingerprint density at radius 1 is 1.30 bits per heavy atom. The number of hydrogen-bond donors (Lipinski definition) is 1. The quantitative estimate of drug-likeness (QED) is 0.890. The number of nitrogens with one attached hydrogen (secondary N) is 1. The van der Waals surface area contributed by atoms with Crippen molar-refractivity contribution in [2.75, 3.05) is 26.7 Å². The lowest BCUT2D eigenvalue weighted by Gasteiger charge is -2.17. The van der Waals surface area contributed by atoms with Gasteiger partial charge in [-0.1, -0.05) is 34.1 Å². The summed E-state index contributed by atoms with van der Waals surface area (Å²) in [6, 6.07) is 12.0. The molecule has 1 amide bonds. The van der Waals surface area contributed by atoms with Gasteiger partial charge in [0.15, 0.2) is 0 Å². The monoisotopic (exact) mass is 375 g/mol. The molecule has 0 spiro atoms. The molecule has 2 heterocycles. The van der Waals surface area contributed by atoms with E-state index in [0.29, 0.717) is 5.92 Å². The molecule has 5 heteroatoms. The molecular weight excluding hydrogens is 354 g/mol. The lowest BCUT2D eigenvalue weighted by molar-refractivity contribution is 0.0778. The molecule has 1 unspecified atom stereocenters. The fourth-order valence-corrected chi connectivity index (χ4v) is 3.79. The SMILES string of the molecule is CNCC1CCN(C(=O)c2ccc(-c3ccccc3Br)n2C)C1. The molecule has 4 nitrogen and oxygen atoms in total.